The fourth-order valence-corrected chi connectivity index (χ4v) is 2.82. The number of aromatic hydroxyl groups is 1. The van der Waals surface area contributed by atoms with Crippen LogP contribution in [0.5, 0.6) is 11.5 Å². The van der Waals surface area contributed by atoms with Crippen molar-refractivity contribution in [2.45, 2.75) is 12.6 Å². The van der Waals surface area contributed by atoms with E-state index in [2.05, 4.69) is 33.2 Å². The van der Waals surface area contributed by atoms with Gasteiger partial charge in [-0.15, -0.1) is 0 Å². The number of halogens is 1. The molecule has 0 amide bonds. The summed E-state index contributed by atoms with van der Waals surface area (Å²) in [7, 11) is 3.61. The third kappa shape index (κ3) is 4.09. The molecule has 0 spiro atoms. The van der Waals surface area contributed by atoms with Crippen LogP contribution in [0.2, 0.25) is 0 Å². The molecule has 2 rings (SSSR count). The topological polar surface area (TPSA) is 54.0 Å². The van der Waals surface area contributed by atoms with Crippen molar-refractivity contribution in [3.05, 3.63) is 22.2 Å². The molecule has 0 radical (unpaired) electrons. The third-order valence-corrected chi connectivity index (χ3v) is 3.88. The summed E-state index contributed by atoms with van der Waals surface area (Å²) in [6.45, 7) is 4.25. The summed E-state index contributed by atoms with van der Waals surface area (Å²) in [5.74, 6) is 0.622. The molecule has 1 aliphatic rings. The lowest BCUT2D eigenvalue weighted by Gasteiger charge is -2.28. The molecule has 1 atom stereocenters. The van der Waals surface area contributed by atoms with Crippen molar-refractivity contribution >= 4 is 15.9 Å². The molecule has 1 fully saturated rings. The summed E-state index contributed by atoms with van der Waals surface area (Å²) in [5, 5.41) is 13.1. The van der Waals surface area contributed by atoms with E-state index in [4.69, 9.17) is 9.47 Å². The number of methoxy groups -OCH3 is 1. The van der Waals surface area contributed by atoms with Crippen LogP contribution in [0.15, 0.2) is 16.6 Å². The number of ether oxygens (including phenoxy) is 2. The van der Waals surface area contributed by atoms with Crippen molar-refractivity contribution < 1.29 is 14.6 Å². The molecule has 0 bridgehead atoms. The fourth-order valence-electron chi connectivity index (χ4n) is 2.33. The zero-order valence-corrected chi connectivity index (χ0v) is 13.4. The van der Waals surface area contributed by atoms with E-state index in [0.29, 0.717) is 10.2 Å². The van der Waals surface area contributed by atoms with Crippen LogP contribution in [0.3, 0.4) is 0 Å². The van der Waals surface area contributed by atoms with E-state index in [1.807, 2.05) is 12.1 Å². The maximum absolute atomic E-state index is 9.80. The Morgan fingerprint density at radius 3 is 3.00 bits per heavy atom. The number of benzene rings is 1. The number of phenolic OH excluding ortho intramolecular Hbond substituents is 1. The molecule has 1 heterocycles. The quantitative estimate of drug-likeness (QED) is 0.849. The molecule has 1 saturated heterocycles. The number of morpholine rings is 1. The molecule has 1 unspecified atom stereocenters. The number of hydrogen-bond donors (Lipinski definition) is 2. The Bertz CT molecular complexity index is 450. The van der Waals surface area contributed by atoms with Crippen LogP contribution in [0.25, 0.3) is 0 Å². The molecule has 1 aromatic rings. The van der Waals surface area contributed by atoms with E-state index in [9.17, 15) is 5.11 Å². The molecular formula is C14H21BrN2O3. The zero-order valence-electron chi connectivity index (χ0n) is 11.9. The van der Waals surface area contributed by atoms with Crippen LogP contribution in [-0.2, 0) is 11.3 Å². The summed E-state index contributed by atoms with van der Waals surface area (Å²) in [5.41, 5.74) is 1.08. The standard InChI is InChI=1S/C14H21BrN2O3/c1-17(9-11-7-16-3-4-20-11)8-10-5-12(15)14(18)13(6-10)19-2/h5-6,11,16,18H,3-4,7-9H2,1-2H3. The Morgan fingerprint density at radius 2 is 2.35 bits per heavy atom. The fraction of sp³-hybridized carbons (Fsp3) is 0.571. The van der Waals surface area contributed by atoms with E-state index < -0.39 is 0 Å². The van der Waals surface area contributed by atoms with Gasteiger partial charge in [0.05, 0.1) is 24.3 Å². The number of rotatable bonds is 5. The minimum atomic E-state index is 0.138. The first kappa shape index (κ1) is 15.6. The van der Waals surface area contributed by atoms with Crippen molar-refractivity contribution in [3.63, 3.8) is 0 Å². The Morgan fingerprint density at radius 1 is 1.55 bits per heavy atom. The van der Waals surface area contributed by atoms with Crippen molar-refractivity contribution in [3.8, 4) is 11.5 Å². The minimum absolute atomic E-state index is 0.138. The van der Waals surface area contributed by atoms with E-state index in [1.165, 1.54) is 0 Å². The first-order valence-corrected chi connectivity index (χ1v) is 7.45. The Balaban J connectivity index is 1.96. The molecule has 2 N–H and O–H groups in total. The number of nitrogens with zero attached hydrogens (tertiary/aromatic N) is 1. The Labute approximate surface area is 128 Å². The van der Waals surface area contributed by atoms with Crippen LogP contribution in [0, 0.1) is 0 Å². The lowest BCUT2D eigenvalue weighted by Crippen LogP contribution is -2.44. The number of phenols is 1. The third-order valence-electron chi connectivity index (χ3n) is 3.28. The molecule has 0 saturated carbocycles. The van der Waals surface area contributed by atoms with Gasteiger partial charge in [0.25, 0.3) is 0 Å². The second-order valence-electron chi connectivity index (χ2n) is 5.02. The molecule has 20 heavy (non-hydrogen) atoms. The molecule has 6 heteroatoms. The highest BCUT2D eigenvalue weighted by Crippen LogP contribution is 2.35. The van der Waals surface area contributed by atoms with Crippen LogP contribution in [0.4, 0.5) is 0 Å². The zero-order chi connectivity index (χ0) is 14.5. The average Bonchev–Trinajstić information content (AvgIpc) is 2.43. The smallest absolute Gasteiger partial charge is 0.172 e. The SMILES string of the molecule is COc1cc(CN(C)CC2CNCCO2)cc(Br)c1O. The van der Waals surface area contributed by atoms with Gasteiger partial charge in [-0.2, -0.15) is 0 Å². The van der Waals surface area contributed by atoms with Gasteiger partial charge < -0.3 is 19.9 Å². The number of nitrogens with one attached hydrogen (secondary N) is 1. The summed E-state index contributed by atoms with van der Waals surface area (Å²) in [4.78, 5) is 2.20. The van der Waals surface area contributed by atoms with Crippen LogP contribution >= 0.6 is 15.9 Å². The molecule has 1 aliphatic heterocycles. The molecule has 0 aromatic heterocycles. The van der Waals surface area contributed by atoms with Gasteiger partial charge in [-0.1, -0.05) is 0 Å². The molecule has 1 aromatic carbocycles. The number of likely N-dealkylation sites (N-methyl/N-ethyl adjacent to an activating group) is 1. The molecule has 112 valence electrons. The van der Waals surface area contributed by atoms with Crippen LogP contribution < -0.4 is 10.1 Å². The van der Waals surface area contributed by atoms with Gasteiger partial charge in [-0.3, -0.25) is 4.90 Å². The normalized spacial score (nSPS) is 19.3. The van der Waals surface area contributed by atoms with Gasteiger partial charge in [-0.05, 0) is 40.7 Å². The largest absolute Gasteiger partial charge is 0.503 e. The highest BCUT2D eigenvalue weighted by molar-refractivity contribution is 9.10. The Hall–Kier alpha value is -0.820. The predicted molar refractivity (Wildman–Crippen MR) is 81.3 cm³/mol. The molecule has 0 aliphatic carbocycles. The van der Waals surface area contributed by atoms with Gasteiger partial charge in [0.2, 0.25) is 0 Å². The van der Waals surface area contributed by atoms with Crippen LogP contribution in [-0.4, -0.2) is 56.5 Å². The molecular weight excluding hydrogens is 324 g/mol. The van der Waals surface area contributed by atoms with Crippen molar-refractivity contribution in [1.29, 1.82) is 0 Å². The van der Waals surface area contributed by atoms with Gasteiger partial charge >= 0.3 is 0 Å². The first-order chi connectivity index (χ1) is 9.60. The van der Waals surface area contributed by atoms with Crippen molar-refractivity contribution in [2.24, 2.45) is 0 Å². The van der Waals surface area contributed by atoms with Gasteiger partial charge in [0.1, 0.15) is 0 Å². The maximum atomic E-state index is 9.80. The summed E-state index contributed by atoms with van der Waals surface area (Å²) >= 11 is 3.34. The highest BCUT2D eigenvalue weighted by atomic mass is 79.9. The molecule has 5 nitrogen and oxygen atoms in total. The van der Waals surface area contributed by atoms with E-state index >= 15 is 0 Å². The highest BCUT2D eigenvalue weighted by Gasteiger charge is 2.16. The van der Waals surface area contributed by atoms with E-state index in [1.54, 1.807) is 7.11 Å². The first-order valence-electron chi connectivity index (χ1n) is 6.66. The van der Waals surface area contributed by atoms with Crippen LogP contribution in [0.1, 0.15) is 5.56 Å². The average molecular weight is 345 g/mol. The second kappa shape index (κ2) is 7.26. The Kier molecular flexibility index (Phi) is 5.65. The summed E-state index contributed by atoms with van der Waals surface area (Å²) in [6.07, 6.45) is 0.233. The predicted octanol–water partition coefficient (Wildman–Crippen LogP) is 1.58. The van der Waals surface area contributed by atoms with Crippen molar-refractivity contribution in [1.82, 2.24) is 10.2 Å². The lowest BCUT2D eigenvalue weighted by molar-refractivity contribution is 0.00884. The maximum Gasteiger partial charge on any atom is 0.172 e. The minimum Gasteiger partial charge on any atom is -0.503 e. The lowest BCUT2D eigenvalue weighted by atomic mass is 10.2. The monoisotopic (exact) mass is 344 g/mol. The second-order valence-corrected chi connectivity index (χ2v) is 5.88. The van der Waals surface area contributed by atoms with E-state index in [0.717, 1.165) is 38.3 Å². The van der Waals surface area contributed by atoms with Crippen molar-refractivity contribution in [2.75, 3.05) is 40.4 Å². The van der Waals surface area contributed by atoms with Gasteiger partial charge in [0.15, 0.2) is 11.5 Å². The van der Waals surface area contributed by atoms with E-state index in [-0.39, 0.29) is 11.9 Å². The van der Waals surface area contributed by atoms with Gasteiger partial charge in [-0.25, -0.2) is 0 Å². The summed E-state index contributed by atoms with van der Waals surface area (Å²) in [6, 6.07) is 3.77. The van der Waals surface area contributed by atoms with Gasteiger partial charge in [0, 0.05) is 26.2 Å². The summed E-state index contributed by atoms with van der Waals surface area (Å²) < 4.78 is 11.5. The number of hydrogen-bond acceptors (Lipinski definition) is 5.